The molecule has 5 nitrogen and oxygen atoms in total. The fraction of sp³-hybridized carbons (Fsp3) is 0.318. The normalized spacial score (nSPS) is 20.4. The van der Waals surface area contributed by atoms with Gasteiger partial charge in [0.25, 0.3) is 0 Å². The first-order valence-electron chi connectivity index (χ1n) is 17.6. The van der Waals surface area contributed by atoms with E-state index < -0.39 is 0 Å². The quantitative estimate of drug-likeness (QED) is 0.140. The van der Waals surface area contributed by atoms with Crippen LogP contribution in [0.4, 0.5) is 17.1 Å². The molecular weight excluding hydrogens is 601 g/mol. The maximum Gasteiger partial charge on any atom is 0.181 e. The molecule has 49 heavy (non-hydrogen) atoms. The summed E-state index contributed by atoms with van der Waals surface area (Å²) in [6, 6.07) is 33.4. The second-order valence-electron chi connectivity index (χ2n) is 17.6. The third-order valence-corrected chi connectivity index (χ3v) is 10.7. The number of benzene rings is 4. The summed E-state index contributed by atoms with van der Waals surface area (Å²) in [5.41, 5.74) is 10.2. The predicted molar refractivity (Wildman–Crippen MR) is 206 cm³/mol. The monoisotopic (exact) mass is 649 g/mol. The Morgan fingerprint density at radius 2 is 1.31 bits per heavy atom. The van der Waals surface area contributed by atoms with Crippen molar-refractivity contribution in [1.29, 1.82) is 0 Å². The largest absolute Gasteiger partial charge is 0.457 e. The number of hydrogen-bond donors (Lipinski definition) is 0. The van der Waals surface area contributed by atoms with Gasteiger partial charge < -0.3 is 9.22 Å². The van der Waals surface area contributed by atoms with Crippen molar-refractivity contribution in [3.05, 3.63) is 121 Å². The van der Waals surface area contributed by atoms with Crippen molar-refractivity contribution in [2.45, 2.75) is 78.6 Å². The summed E-state index contributed by atoms with van der Waals surface area (Å²) >= 11 is 0. The van der Waals surface area contributed by atoms with Crippen LogP contribution in [-0.2, 0) is 16.2 Å². The molecule has 0 aliphatic carbocycles. The number of aromatic nitrogens is 2. The molecule has 4 aromatic carbocycles. The molecule has 250 valence electrons. The van der Waals surface area contributed by atoms with Gasteiger partial charge in [-0.1, -0.05) is 86.6 Å². The minimum Gasteiger partial charge on any atom is -0.457 e. The van der Waals surface area contributed by atoms with Crippen molar-refractivity contribution in [2.75, 3.05) is 13.7 Å². The zero-order valence-electron chi connectivity index (χ0n) is 30.7. The number of rotatable bonds is 4. The first kappa shape index (κ1) is 31.8. The van der Waals surface area contributed by atoms with Gasteiger partial charge >= 0.3 is 0 Å². The van der Waals surface area contributed by atoms with Gasteiger partial charge in [-0.15, -0.1) is 0 Å². The van der Waals surface area contributed by atoms with Crippen LogP contribution in [0.1, 0.15) is 79.0 Å². The van der Waals surface area contributed by atoms with Crippen LogP contribution in [0.15, 0.2) is 97.2 Å². The number of nitrogens with zero attached hydrogens (tertiary/aromatic N) is 4. The van der Waals surface area contributed by atoms with Gasteiger partial charge in [0.15, 0.2) is 18.0 Å². The fourth-order valence-corrected chi connectivity index (χ4v) is 7.89. The standard InChI is InChI=1S/C44H49N4O/c1-42(2,3)29-15-18-39-40(23-29)47(10)27-48(39,28-47)32-21-31(44(7,8)9)22-34(25-32)49-33-16-17-36-35-13-11-12-14-37(35)46(38(36)26-33)41-24-30(19-20-45-41)43(4,5)6/h11-27H,28H2,1-10H3/q+1/t47-,48+/m0/s1. The first-order valence-corrected chi connectivity index (χ1v) is 17.6. The summed E-state index contributed by atoms with van der Waals surface area (Å²) < 4.78 is 10.7. The highest BCUT2D eigenvalue weighted by Gasteiger charge is 2.59. The molecule has 3 aliphatic rings. The second-order valence-corrected chi connectivity index (χ2v) is 17.6. The molecule has 1 saturated heterocycles. The maximum atomic E-state index is 6.86. The van der Waals surface area contributed by atoms with Crippen LogP contribution in [0.3, 0.4) is 0 Å². The Balaban J connectivity index is 1.24. The van der Waals surface area contributed by atoms with E-state index in [9.17, 15) is 0 Å². The number of ether oxygens (including phenoxy) is 1. The molecule has 9 rings (SSSR count). The lowest BCUT2D eigenvalue weighted by molar-refractivity contribution is 0.157. The van der Waals surface area contributed by atoms with Crippen LogP contribution < -0.4 is 13.7 Å². The van der Waals surface area contributed by atoms with Crippen molar-refractivity contribution < 1.29 is 4.74 Å². The van der Waals surface area contributed by atoms with E-state index in [1.54, 1.807) is 0 Å². The molecule has 0 N–H and O–H groups in total. The number of para-hydroxylation sites is 1. The Kier molecular flexibility index (Phi) is 6.67. The van der Waals surface area contributed by atoms with Crippen molar-refractivity contribution in [2.24, 2.45) is 0 Å². The SMILES string of the molecule is CC(C)(C)c1cc(Oc2ccc3c4ccccc4n(-c4cc(C(C)(C)C)ccn4)c3c2)cc([N@@+]23[CH-][N@@+](C)(C2)c2cc(C(C)(C)C)ccc23)c1. The van der Waals surface area contributed by atoms with Crippen LogP contribution in [0.25, 0.3) is 27.6 Å². The third-order valence-electron chi connectivity index (χ3n) is 10.7. The predicted octanol–water partition coefficient (Wildman–Crippen LogP) is 11.5. The summed E-state index contributed by atoms with van der Waals surface area (Å²) in [6.45, 7) is 23.9. The number of fused-ring (bicyclic) bond motifs is 3. The van der Waals surface area contributed by atoms with Crippen LogP contribution in [0.2, 0.25) is 0 Å². The lowest BCUT2D eigenvalue weighted by Gasteiger charge is -2.55. The van der Waals surface area contributed by atoms with E-state index in [1.165, 1.54) is 44.5 Å². The fourth-order valence-electron chi connectivity index (χ4n) is 7.89. The molecule has 5 heteroatoms. The molecule has 2 bridgehead atoms. The zero-order valence-corrected chi connectivity index (χ0v) is 30.7. The van der Waals surface area contributed by atoms with Gasteiger partial charge in [-0.3, -0.25) is 9.05 Å². The van der Waals surface area contributed by atoms with Gasteiger partial charge in [-0.05, 0) is 69.3 Å². The van der Waals surface area contributed by atoms with Crippen molar-refractivity contribution in [1.82, 2.24) is 18.5 Å². The molecule has 2 atom stereocenters. The van der Waals surface area contributed by atoms with E-state index in [4.69, 9.17) is 9.72 Å². The molecule has 1 fully saturated rings. The summed E-state index contributed by atoms with van der Waals surface area (Å²) in [6.07, 6.45) is 1.93. The maximum absolute atomic E-state index is 6.86. The van der Waals surface area contributed by atoms with Crippen molar-refractivity contribution in [3.63, 3.8) is 0 Å². The molecule has 0 saturated carbocycles. The topological polar surface area (TPSA) is 27.1 Å². The van der Waals surface area contributed by atoms with Crippen molar-refractivity contribution >= 4 is 38.9 Å². The first-order chi connectivity index (χ1) is 23.0. The average molecular weight is 650 g/mol. The molecule has 0 spiro atoms. The molecule has 6 aromatic rings. The smallest absolute Gasteiger partial charge is 0.181 e. The van der Waals surface area contributed by atoms with Gasteiger partial charge in [0.05, 0.1) is 24.7 Å². The second kappa shape index (κ2) is 10.3. The zero-order chi connectivity index (χ0) is 34.7. The van der Waals surface area contributed by atoms with Gasteiger partial charge in [-0.2, -0.15) is 0 Å². The summed E-state index contributed by atoms with van der Waals surface area (Å²) in [4.78, 5) is 4.87. The minimum absolute atomic E-state index is 0.0153. The Bertz CT molecular complexity index is 2280. The molecule has 3 aliphatic heterocycles. The highest BCUT2D eigenvalue weighted by Crippen LogP contribution is 2.61. The van der Waals surface area contributed by atoms with E-state index in [1.807, 2.05) is 6.20 Å². The van der Waals surface area contributed by atoms with Crippen LogP contribution in [0.5, 0.6) is 11.5 Å². The molecule has 0 unspecified atom stereocenters. The Labute approximate surface area is 291 Å². The van der Waals surface area contributed by atoms with E-state index in [0.717, 1.165) is 44.0 Å². The van der Waals surface area contributed by atoms with Crippen LogP contribution >= 0.6 is 0 Å². The summed E-state index contributed by atoms with van der Waals surface area (Å²) in [7, 11) is 2.33. The molecule has 0 amide bonds. The minimum atomic E-state index is -0.0474. The molecular formula is C44H49N4O+. The summed E-state index contributed by atoms with van der Waals surface area (Å²) in [5.74, 6) is 2.59. The molecule has 2 aromatic heterocycles. The number of hydrogen-bond acceptors (Lipinski definition) is 2. The highest BCUT2D eigenvalue weighted by molar-refractivity contribution is 6.09. The van der Waals surface area contributed by atoms with Gasteiger partial charge in [-0.25, -0.2) is 4.98 Å². The summed E-state index contributed by atoms with van der Waals surface area (Å²) in [5, 5.41) is 2.39. The van der Waals surface area contributed by atoms with E-state index in [2.05, 4.69) is 172 Å². The van der Waals surface area contributed by atoms with Gasteiger partial charge in [0.2, 0.25) is 0 Å². The Morgan fingerprint density at radius 3 is 2.02 bits per heavy atom. The third kappa shape index (κ3) is 5.01. The highest BCUT2D eigenvalue weighted by atomic mass is 16.5. The van der Waals surface area contributed by atoms with Crippen LogP contribution in [0, 0.1) is 6.67 Å². The number of quaternary nitrogens is 2. The van der Waals surface area contributed by atoms with Crippen LogP contribution in [-0.4, -0.2) is 23.3 Å². The van der Waals surface area contributed by atoms with E-state index >= 15 is 0 Å². The Hall–Kier alpha value is -4.45. The van der Waals surface area contributed by atoms with Gasteiger partial charge in [0, 0.05) is 47.3 Å². The molecule has 0 radical (unpaired) electrons. The molecule has 5 heterocycles. The lowest BCUT2D eigenvalue weighted by atomic mass is 9.86. The average Bonchev–Trinajstić information content (AvgIpc) is 3.58. The van der Waals surface area contributed by atoms with Crippen molar-refractivity contribution in [3.8, 4) is 17.3 Å². The van der Waals surface area contributed by atoms with E-state index in [0.29, 0.717) is 0 Å². The Morgan fingerprint density at radius 1 is 0.633 bits per heavy atom. The number of pyridine rings is 1. The van der Waals surface area contributed by atoms with E-state index in [-0.39, 0.29) is 16.2 Å². The van der Waals surface area contributed by atoms with Gasteiger partial charge in [0.1, 0.15) is 23.0 Å². The lowest BCUT2D eigenvalue weighted by Crippen LogP contribution is -2.68.